The third-order valence-corrected chi connectivity index (χ3v) is 7.57. The molecule has 8 heteroatoms. The Morgan fingerprint density at radius 1 is 0.889 bits per heavy atom. The van der Waals surface area contributed by atoms with Crippen molar-refractivity contribution in [2.75, 3.05) is 63.8 Å². The lowest BCUT2D eigenvalue weighted by Gasteiger charge is -2.34. The summed E-state index contributed by atoms with van der Waals surface area (Å²) < 4.78 is 0. The number of hydrogen-bond acceptors (Lipinski definition) is 6. The SMILES string of the molecule is CCN(CC)CCN(CC(=O)N1CCCN(c2ccc(-c3ccccc3)nn2)CC1)C(=O)C1CCC1. The maximum atomic E-state index is 13.3. The molecule has 1 aromatic heterocycles. The van der Waals surface area contributed by atoms with Crippen molar-refractivity contribution in [1.82, 2.24) is 24.9 Å². The van der Waals surface area contributed by atoms with E-state index in [9.17, 15) is 9.59 Å². The van der Waals surface area contributed by atoms with Gasteiger partial charge >= 0.3 is 0 Å². The first-order chi connectivity index (χ1) is 17.6. The first-order valence-electron chi connectivity index (χ1n) is 13.5. The van der Waals surface area contributed by atoms with E-state index in [2.05, 4.69) is 33.8 Å². The monoisotopic (exact) mass is 492 g/mol. The number of rotatable bonds is 10. The van der Waals surface area contributed by atoms with Crippen molar-refractivity contribution >= 4 is 17.6 Å². The number of likely N-dealkylation sites (N-methyl/N-ethyl adjacent to an activating group) is 1. The highest BCUT2D eigenvalue weighted by atomic mass is 16.2. The standard InChI is InChI=1S/C28H40N6O2/c1-3-31(4-2)18-19-34(28(36)24-12-8-13-24)22-27(35)33-17-9-16-32(20-21-33)26-15-14-25(29-30-26)23-10-6-5-7-11-23/h5-7,10-11,14-15,24H,3-4,8-9,12-13,16-22H2,1-2H3. The van der Waals surface area contributed by atoms with Gasteiger partial charge in [0.25, 0.3) is 0 Å². The highest BCUT2D eigenvalue weighted by Gasteiger charge is 2.31. The normalized spacial score (nSPS) is 16.5. The second kappa shape index (κ2) is 12.8. The number of anilines is 1. The minimum atomic E-state index is 0.0505. The van der Waals surface area contributed by atoms with E-state index in [4.69, 9.17) is 0 Å². The molecular weight excluding hydrogens is 452 g/mol. The number of amides is 2. The van der Waals surface area contributed by atoms with Gasteiger partial charge < -0.3 is 19.6 Å². The number of nitrogens with zero attached hydrogens (tertiary/aromatic N) is 6. The number of carbonyl (C=O) groups excluding carboxylic acids is 2. The molecule has 0 atom stereocenters. The quantitative estimate of drug-likeness (QED) is 0.507. The van der Waals surface area contributed by atoms with E-state index in [1.54, 1.807) is 0 Å². The van der Waals surface area contributed by atoms with Crippen LogP contribution in [0.3, 0.4) is 0 Å². The van der Waals surface area contributed by atoms with Gasteiger partial charge in [0.1, 0.15) is 0 Å². The van der Waals surface area contributed by atoms with Crippen molar-refractivity contribution in [3.63, 3.8) is 0 Å². The van der Waals surface area contributed by atoms with Crippen molar-refractivity contribution in [3.8, 4) is 11.3 Å². The van der Waals surface area contributed by atoms with Gasteiger partial charge in [-0.2, -0.15) is 0 Å². The first-order valence-corrected chi connectivity index (χ1v) is 13.5. The van der Waals surface area contributed by atoms with Gasteiger partial charge in [0.05, 0.1) is 12.2 Å². The van der Waals surface area contributed by atoms with Gasteiger partial charge in [-0.3, -0.25) is 9.59 Å². The minimum absolute atomic E-state index is 0.0505. The minimum Gasteiger partial charge on any atom is -0.353 e. The Kier molecular flexibility index (Phi) is 9.28. The highest BCUT2D eigenvalue weighted by molar-refractivity contribution is 5.86. The molecule has 1 aromatic carbocycles. The number of aromatic nitrogens is 2. The van der Waals surface area contributed by atoms with Crippen LogP contribution in [0.2, 0.25) is 0 Å². The first kappa shape index (κ1) is 26.1. The molecule has 0 radical (unpaired) electrons. The summed E-state index contributed by atoms with van der Waals surface area (Å²) in [6, 6.07) is 14.1. The lowest BCUT2D eigenvalue weighted by molar-refractivity contribution is -0.144. The summed E-state index contributed by atoms with van der Waals surface area (Å²) in [5, 5.41) is 8.89. The van der Waals surface area contributed by atoms with Crippen LogP contribution < -0.4 is 4.90 Å². The smallest absolute Gasteiger partial charge is 0.242 e. The van der Waals surface area contributed by atoms with Crippen molar-refractivity contribution < 1.29 is 9.59 Å². The predicted octanol–water partition coefficient (Wildman–Crippen LogP) is 3.15. The van der Waals surface area contributed by atoms with Crippen LogP contribution in [0.4, 0.5) is 5.82 Å². The fourth-order valence-corrected chi connectivity index (χ4v) is 4.90. The fraction of sp³-hybridized carbons (Fsp3) is 0.571. The van der Waals surface area contributed by atoms with Gasteiger partial charge in [-0.25, -0.2) is 0 Å². The predicted molar refractivity (Wildman–Crippen MR) is 143 cm³/mol. The molecule has 2 aliphatic rings. The molecule has 2 fully saturated rings. The summed E-state index contributed by atoms with van der Waals surface area (Å²) in [4.78, 5) is 34.6. The zero-order valence-corrected chi connectivity index (χ0v) is 21.8. The molecule has 2 amide bonds. The maximum absolute atomic E-state index is 13.3. The highest BCUT2D eigenvalue weighted by Crippen LogP contribution is 2.28. The summed E-state index contributed by atoms with van der Waals surface area (Å²) in [5.41, 5.74) is 1.90. The molecule has 4 rings (SSSR count). The topological polar surface area (TPSA) is 72.9 Å². The molecule has 194 valence electrons. The summed E-state index contributed by atoms with van der Waals surface area (Å²) in [7, 11) is 0. The fourth-order valence-electron chi connectivity index (χ4n) is 4.90. The number of hydrogen-bond donors (Lipinski definition) is 0. The largest absolute Gasteiger partial charge is 0.353 e. The summed E-state index contributed by atoms with van der Waals surface area (Å²) in [6.07, 6.45) is 3.89. The van der Waals surface area contributed by atoms with Crippen LogP contribution in [0.15, 0.2) is 42.5 Å². The molecule has 1 saturated carbocycles. The molecule has 1 saturated heterocycles. The van der Waals surface area contributed by atoms with E-state index in [1.165, 1.54) is 0 Å². The second-order valence-corrected chi connectivity index (χ2v) is 9.78. The summed E-state index contributed by atoms with van der Waals surface area (Å²) in [6.45, 7) is 10.6. The van der Waals surface area contributed by atoms with Gasteiger partial charge in [0, 0.05) is 50.7 Å². The van der Waals surface area contributed by atoms with E-state index in [1.807, 2.05) is 52.3 Å². The van der Waals surface area contributed by atoms with E-state index in [0.29, 0.717) is 26.2 Å². The molecule has 2 heterocycles. The molecule has 0 unspecified atom stereocenters. The molecule has 1 aliphatic carbocycles. The lowest BCUT2D eigenvalue weighted by Crippen LogP contribution is -2.49. The van der Waals surface area contributed by atoms with Gasteiger partial charge in [-0.1, -0.05) is 50.6 Å². The van der Waals surface area contributed by atoms with Crippen LogP contribution in [-0.2, 0) is 9.59 Å². The van der Waals surface area contributed by atoms with E-state index in [-0.39, 0.29) is 24.3 Å². The Labute approximate surface area is 215 Å². The molecule has 0 spiro atoms. The Hall–Kier alpha value is -3.00. The zero-order chi connectivity index (χ0) is 25.3. The van der Waals surface area contributed by atoms with Crippen LogP contribution >= 0.6 is 0 Å². The van der Waals surface area contributed by atoms with Crippen molar-refractivity contribution in [1.29, 1.82) is 0 Å². The molecule has 36 heavy (non-hydrogen) atoms. The Bertz CT molecular complexity index is 975. The zero-order valence-electron chi connectivity index (χ0n) is 21.8. The Balaban J connectivity index is 1.34. The van der Waals surface area contributed by atoms with E-state index >= 15 is 0 Å². The molecular formula is C28H40N6O2. The lowest BCUT2D eigenvalue weighted by atomic mass is 9.84. The van der Waals surface area contributed by atoms with Crippen molar-refractivity contribution in [2.24, 2.45) is 5.92 Å². The van der Waals surface area contributed by atoms with Crippen molar-refractivity contribution in [3.05, 3.63) is 42.5 Å². The molecule has 2 aromatic rings. The van der Waals surface area contributed by atoms with Crippen LogP contribution in [0, 0.1) is 5.92 Å². The van der Waals surface area contributed by atoms with Gasteiger partial charge in [-0.05, 0) is 44.5 Å². The number of benzene rings is 1. The van der Waals surface area contributed by atoms with Crippen LogP contribution in [0.25, 0.3) is 11.3 Å². The van der Waals surface area contributed by atoms with E-state index < -0.39 is 0 Å². The maximum Gasteiger partial charge on any atom is 0.242 e. The van der Waals surface area contributed by atoms with Gasteiger partial charge in [0.15, 0.2) is 5.82 Å². The van der Waals surface area contributed by atoms with Crippen molar-refractivity contribution in [2.45, 2.75) is 39.5 Å². The number of carbonyl (C=O) groups is 2. The third kappa shape index (κ3) is 6.60. The molecule has 0 N–H and O–H groups in total. The summed E-state index contributed by atoms with van der Waals surface area (Å²) in [5.74, 6) is 1.15. The average Bonchev–Trinajstić information content (AvgIpc) is 3.14. The van der Waals surface area contributed by atoms with E-state index in [0.717, 1.165) is 68.9 Å². The Morgan fingerprint density at radius 3 is 2.31 bits per heavy atom. The average molecular weight is 493 g/mol. The van der Waals surface area contributed by atoms with Crippen LogP contribution in [0.5, 0.6) is 0 Å². The third-order valence-electron chi connectivity index (χ3n) is 7.57. The molecule has 8 nitrogen and oxygen atoms in total. The summed E-state index contributed by atoms with van der Waals surface area (Å²) >= 11 is 0. The molecule has 1 aliphatic heterocycles. The van der Waals surface area contributed by atoms with Crippen LogP contribution in [0.1, 0.15) is 39.5 Å². The molecule has 0 bridgehead atoms. The second-order valence-electron chi connectivity index (χ2n) is 9.78. The van der Waals surface area contributed by atoms with Gasteiger partial charge in [0.2, 0.25) is 11.8 Å². The Morgan fingerprint density at radius 2 is 1.67 bits per heavy atom. The van der Waals surface area contributed by atoms with Crippen LogP contribution in [-0.4, -0.2) is 95.6 Å². The van der Waals surface area contributed by atoms with Gasteiger partial charge in [-0.15, -0.1) is 10.2 Å².